The summed E-state index contributed by atoms with van der Waals surface area (Å²) in [4.78, 5) is 16.5. The molecule has 1 saturated heterocycles. The molecule has 18 heavy (non-hydrogen) atoms. The highest BCUT2D eigenvalue weighted by Crippen LogP contribution is 2.15. The molecule has 1 heterocycles. The van der Waals surface area contributed by atoms with E-state index in [1.54, 1.807) is 11.8 Å². The topological polar surface area (TPSA) is 51.1 Å². The van der Waals surface area contributed by atoms with Gasteiger partial charge in [0.1, 0.15) is 5.84 Å². The molecule has 1 fully saturated rings. The van der Waals surface area contributed by atoms with E-state index in [4.69, 9.17) is 4.74 Å². The number of aliphatic imine (C=N–C) groups is 1. The van der Waals surface area contributed by atoms with Crippen molar-refractivity contribution in [2.75, 3.05) is 32.9 Å². The van der Waals surface area contributed by atoms with Gasteiger partial charge in [0.2, 0.25) is 0 Å². The summed E-state index contributed by atoms with van der Waals surface area (Å²) in [6.45, 7) is 2.31. The van der Waals surface area contributed by atoms with E-state index >= 15 is 0 Å². The van der Waals surface area contributed by atoms with Gasteiger partial charge in [0.15, 0.2) is 6.61 Å². The van der Waals surface area contributed by atoms with Crippen LogP contribution >= 0.6 is 0 Å². The van der Waals surface area contributed by atoms with Gasteiger partial charge >= 0.3 is 12.3 Å². The molecule has 0 atom stereocenters. The van der Waals surface area contributed by atoms with Crippen LogP contribution in [0.1, 0.15) is 13.3 Å². The van der Waals surface area contributed by atoms with Crippen molar-refractivity contribution in [3.05, 3.63) is 0 Å². The Hall–Kier alpha value is -1.31. The number of hydrogen-bond donors (Lipinski definition) is 0. The van der Waals surface area contributed by atoms with Gasteiger partial charge in [-0.05, 0) is 0 Å². The molecule has 0 aromatic carbocycles. The fourth-order valence-electron chi connectivity index (χ4n) is 1.48. The Morgan fingerprint density at radius 3 is 2.50 bits per heavy atom. The molecule has 0 aromatic rings. The summed E-state index contributed by atoms with van der Waals surface area (Å²) in [5, 5.41) is 0. The number of nitrogens with zero attached hydrogens (tertiary/aromatic N) is 2. The quantitative estimate of drug-likeness (QED) is 0.566. The van der Waals surface area contributed by atoms with Gasteiger partial charge in [-0.15, -0.1) is 0 Å². The highest BCUT2D eigenvalue weighted by atomic mass is 19.4. The molecular weight excluding hydrogens is 253 g/mol. The maximum Gasteiger partial charge on any atom is 0.435 e. The Morgan fingerprint density at radius 2 is 2.00 bits per heavy atom. The molecular formula is C10H15F3N2O3. The number of ether oxygens (including phenoxy) is 2. The normalized spacial score (nSPS) is 17.8. The zero-order chi connectivity index (χ0) is 13.6. The summed E-state index contributed by atoms with van der Waals surface area (Å²) in [5.41, 5.74) is 0. The van der Waals surface area contributed by atoms with Gasteiger partial charge in [-0.3, -0.25) is 0 Å². The van der Waals surface area contributed by atoms with Crippen LogP contribution in [-0.2, 0) is 9.47 Å². The van der Waals surface area contributed by atoms with E-state index in [1.165, 1.54) is 0 Å². The smallest absolute Gasteiger partial charge is 0.435 e. The van der Waals surface area contributed by atoms with Crippen LogP contribution in [-0.4, -0.2) is 55.9 Å². The average Bonchev–Trinajstić information content (AvgIpc) is 2.33. The Balaban J connectivity index is 2.52. The van der Waals surface area contributed by atoms with Gasteiger partial charge in [-0.25, -0.2) is 4.79 Å². The highest BCUT2D eigenvalue weighted by molar-refractivity contribution is 5.91. The zero-order valence-electron chi connectivity index (χ0n) is 10.00. The van der Waals surface area contributed by atoms with E-state index in [-0.39, 0.29) is 0 Å². The van der Waals surface area contributed by atoms with Crippen molar-refractivity contribution >= 4 is 11.9 Å². The number of amides is 1. The van der Waals surface area contributed by atoms with Crippen molar-refractivity contribution in [3.63, 3.8) is 0 Å². The predicted molar refractivity (Wildman–Crippen MR) is 57.5 cm³/mol. The second-order valence-electron chi connectivity index (χ2n) is 3.65. The second kappa shape index (κ2) is 6.58. The van der Waals surface area contributed by atoms with Crippen LogP contribution in [0.15, 0.2) is 4.99 Å². The van der Waals surface area contributed by atoms with Crippen LogP contribution in [0.3, 0.4) is 0 Å². The van der Waals surface area contributed by atoms with Gasteiger partial charge in [-0.1, -0.05) is 6.92 Å². The molecule has 0 unspecified atom stereocenters. The third-order valence-electron chi connectivity index (χ3n) is 2.27. The fourth-order valence-corrected chi connectivity index (χ4v) is 1.48. The van der Waals surface area contributed by atoms with Crippen LogP contribution in [0.4, 0.5) is 18.0 Å². The molecule has 0 saturated carbocycles. The molecule has 1 amide bonds. The summed E-state index contributed by atoms with van der Waals surface area (Å²) < 4.78 is 44.7. The van der Waals surface area contributed by atoms with E-state index in [0.717, 1.165) is 0 Å². The largest absolute Gasteiger partial charge is 0.438 e. The lowest BCUT2D eigenvalue weighted by Crippen LogP contribution is -2.41. The summed E-state index contributed by atoms with van der Waals surface area (Å²) in [7, 11) is 0. The van der Waals surface area contributed by atoms with Gasteiger partial charge in [0.25, 0.3) is 0 Å². The molecule has 0 aliphatic carbocycles. The van der Waals surface area contributed by atoms with Crippen LogP contribution in [0.25, 0.3) is 0 Å². The van der Waals surface area contributed by atoms with E-state index in [0.29, 0.717) is 38.6 Å². The first-order valence-corrected chi connectivity index (χ1v) is 5.56. The summed E-state index contributed by atoms with van der Waals surface area (Å²) in [5.74, 6) is 0.422. The van der Waals surface area contributed by atoms with Crippen molar-refractivity contribution < 1.29 is 27.4 Å². The van der Waals surface area contributed by atoms with Gasteiger partial charge < -0.3 is 14.4 Å². The number of carbonyl (C=O) groups is 1. The van der Waals surface area contributed by atoms with Gasteiger partial charge in [0.05, 0.1) is 13.2 Å². The van der Waals surface area contributed by atoms with Crippen LogP contribution in [0.2, 0.25) is 0 Å². The SMILES string of the molecule is CC/C(=N/C(=O)OCC(F)(F)F)N1CCOCC1. The third-order valence-corrected chi connectivity index (χ3v) is 2.27. The lowest BCUT2D eigenvalue weighted by Gasteiger charge is -2.29. The molecule has 8 heteroatoms. The monoisotopic (exact) mass is 268 g/mol. The first-order chi connectivity index (χ1) is 8.42. The molecule has 1 aliphatic heterocycles. The minimum absolute atomic E-state index is 0.422. The Morgan fingerprint density at radius 1 is 1.39 bits per heavy atom. The van der Waals surface area contributed by atoms with E-state index in [9.17, 15) is 18.0 Å². The predicted octanol–water partition coefficient (Wildman–Crippen LogP) is 1.83. The maximum absolute atomic E-state index is 11.8. The Labute approximate surface area is 103 Å². The average molecular weight is 268 g/mol. The molecule has 0 aromatic heterocycles. The summed E-state index contributed by atoms with van der Waals surface area (Å²) >= 11 is 0. The molecule has 0 bridgehead atoms. The Bertz CT molecular complexity index is 312. The third kappa shape index (κ3) is 5.35. The minimum Gasteiger partial charge on any atom is -0.438 e. The van der Waals surface area contributed by atoms with E-state index in [1.807, 2.05) is 0 Å². The number of rotatable bonds is 2. The van der Waals surface area contributed by atoms with Crippen LogP contribution in [0.5, 0.6) is 0 Å². The number of morpholine rings is 1. The molecule has 0 N–H and O–H groups in total. The van der Waals surface area contributed by atoms with E-state index in [2.05, 4.69) is 9.73 Å². The van der Waals surface area contributed by atoms with Gasteiger partial charge in [0, 0.05) is 19.5 Å². The maximum atomic E-state index is 11.8. The zero-order valence-corrected chi connectivity index (χ0v) is 10.00. The molecule has 1 rings (SSSR count). The lowest BCUT2D eigenvalue weighted by molar-refractivity contribution is -0.159. The van der Waals surface area contributed by atoms with Crippen molar-refractivity contribution in [1.82, 2.24) is 4.90 Å². The number of carbonyl (C=O) groups excluding carboxylic acids is 1. The lowest BCUT2D eigenvalue weighted by atomic mass is 10.3. The van der Waals surface area contributed by atoms with Crippen molar-refractivity contribution in [2.24, 2.45) is 4.99 Å². The molecule has 0 spiro atoms. The fraction of sp³-hybridized carbons (Fsp3) is 0.800. The van der Waals surface area contributed by atoms with Gasteiger partial charge in [-0.2, -0.15) is 18.2 Å². The Kier molecular flexibility index (Phi) is 5.39. The van der Waals surface area contributed by atoms with E-state index < -0.39 is 18.9 Å². The number of hydrogen-bond acceptors (Lipinski definition) is 3. The molecule has 1 aliphatic rings. The molecule has 104 valence electrons. The van der Waals surface area contributed by atoms with Crippen LogP contribution in [0, 0.1) is 0 Å². The highest BCUT2D eigenvalue weighted by Gasteiger charge is 2.29. The van der Waals surface area contributed by atoms with Crippen molar-refractivity contribution in [3.8, 4) is 0 Å². The summed E-state index contributed by atoms with van der Waals surface area (Å²) in [6.07, 6.45) is -5.30. The minimum atomic E-state index is -4.53. The standard InChI is InChI=1S/C10H15F3N2O3/c1-2-8(15-3-5-17-6-4-15)14-9(16)18-7-10(11,12)13/h2-7H2,1H3/b14-8-. The first kappa shape index (κ1) is 14.7. The van der Waals surface area contributed by atoms with Crippen molar-refractivity contribution in [1.29, 1.82) is 0 Å². The number of halogens is 3. The second-order valence-corrected chi connectivity index (χ2v) is 3.65. The van der Waals surface area contributed by atoms with Crippen molar-refractivity contribution in [2.45, 2.75) is 19.5 Å². The molecule has 5 nitrogen and oxygen atoms in total. The number of amidine groups is 1. The van der Waals surface area contributed by atoms with Crippen LogP contribution < -0.4 is 0 Å². The first-order valence-electron chi connectivity index (χ1n) is 5.56. The summed E-state index contributed by atoms with van der Waals surface area (Å²) in [6, 6.07) is 0. The number of alkyl halides is 3. The molecule has 0 radical (unpaired) electrons.